The number of hydrogen-bond donors (Lipinski definition) is 2. The predicted octanol–water partition coefficient (Wildman–Crippen LogP) is 3.21. The van der Waals surface area contributed by atoms with Gasteiger partial charge < -0.3 is 15.4 Å². The molecule has 1 aromatic heterocycles. The summed E-state index contributed by atoms with van der Waals surface area (Å²) in [7, 11) is 0. The van der Waals surface area contributed by atoms with Crippen LogP contribution in [0.1, 0.15) is 46.8 Å². The van der Waals surface area contributed by atoms with Crippen molar-refractivity contribution in [3.8, 4) is 5.88 Å². The van der Waals surface area contributed by atoms with Gasteiger partial charge >= 0.3 is 12.6 Å². The van der Waals surface area contributed by atoms with Gasteiger partial charge in [-0.05, 0) is 56.1 Å². The second-order valence-corrected chi connectivity index (χ2v) is 6.23. The van der Waals surface area contributed by atoms with Crippen molar-refractivity contribution in [1.29, 1.82) is 0 Å². The van der Waals surface area contributed by atoms with Crippen LogP contribution >= 0.6 is 0 Å². The van der Waals surface area contributed by atoms with E-state index in [1.807, 2.05) is 0 Å². The highest BCUT2D eigenvalue weighted by Gasteiger charge is 2.41. The fraction of sp³-hybridized carbons (Fsp3) is 0.625. The normalized spacial score (nSPS) is 28.0. The summed E-state index contributed by atoms with van der Waals surface area (Å²) in [4.78, 5) is 15.9. The number of hydrogen-bond acceptors (Lipinski definition) is 3. The molecule has 3 saturated carbocycles. The van der Waals surface area contributed by atoms with E-state index in [1.165, 1.54) is 6.07 Å². The van der Waals surface area contributed by atoms with Crippen LogP contribution in [0.15, 0.2) is 18.3 Å². The summed E-state index contributed by atoms with van der Waals surface area (Å²) in [6, 6.07) is 1.76. The van der Waals surface area contributed by atoms with Gasteiger partial charge in [-0.15, -0.1) is 0 Å². The van der Waals surface area contributed by atoms with Gasteiger partial charge in [0.15, 0.2) is 0 Å². The third-order valence-corrected chi connectivity index (χ3v) is 4.74. The molecule has 3 aliphatic carbocycles. The molecule has 2 bridgehead atoms. The van der Waals surface area contributed by atoms with Crippen molar-refractivity contribution in [2.45, 2.75) is 57.2 Å². The average molecular weight is 327 g/mol. The molecule has 1 heterocycles. The number of carbonyl (C=O) groups excluding carboxylic acids is 1. The van der Waals surface area contributed by atoms with Crippen LogP contribution in [-0.4, -0.2) is 23.2 Å². The minimum atomic E-state index is -3.05. The zero-order chi connectivity index (χ0) is 18.1. The van der Waals surface area contributed by atoms with E-state index in [0.29, 0.717) is 0 Å². The van der Waals surface area contributed by atoms with Gasteiger partial charge in [0.1, 0.15) is 0 Å². The van der Waals surface area contributed by atoms with Gasteiger partial charge in [0.25, 0.3) is 0 Å². The van der Waals surface area contributed by atoms with Gasteiger partial charge in [0.05, 0.1) is 2.74 Å². The number of halogens is 2. The first-order chi connectivity index (χ1) is 11.8. The molecule has 0 spiro atoms. The van der Waals surface area contributed by atoms with Crippen LogP contribution in [0.2, 0.25) is 0 Å². The highest BCUT2D eigenvalue weighted by atomic mass is 19.3. The van der Waals surface area contributed by atoms with Crippen molar-refractivity contribution in [2.75, 3.05) is 0 Å². The Kier molecular flexibility index (Phi) is 3.92. The van der Waals surface area contributed by atoms with Gasteiger partial charge in [-0.2, -0.15) is 8.78 Å². The lowest BCUT2D eigenvalue weighted by molar-refractivity contribution is -0.0529. The van der Waals surface area contributed by atoms with Crippen LogP contribution < -0.4 is 15.4 Å². The largest absolute Gasteiger partial charge is 0.417 e. The van der Waals surface area contributed by atoms with E-state index < -0.39 is 25.0 Å². The molecule has 2 N–H and O–H groups in total. The first-order valence-electron chi connectivity index (χ1n) is 8.80. The number of ether oxygens (including phenoxy) is 1. The van der Waals surface area contributed by atoms with Gasteiger partial charge in [-0.3, -0.25) is 0 Å². The molecule has 7 heteroatoms. The van der Waals surface area contributed by atoms with E-state index in [1.54, 1.807) is 0 Å². The Morgan fingerprint density at radius 3 is 2.78 bits per heavy atom. The van der Waals surface area contributed by atoms with Crippen molar-refractivity contribution >= 4 is 6.03 Å². The summed E-state index contributed by atoms with van der Waals surface area (Å²) in [5.41, 5.74) is -0.268. The molecule has 3 fully saturated rings. The van der Waals surface area contributed by atoms with Crippen molar-refractivity contribution < 1.29 is 21.1 Å². The highest BCUT2D eigenvalue weighted by molar-refractivity contribution is 5.74. The average Bonchev–Trinajstić information content (AvgIpc) is 2.55. The lowest BCUT2D eigenvalue weighted by Crippen LogP contribution is -2.56. The number of carbonyl (C=O) groups is 1. The van der Waals surface area contributed by atoms with Crippen molar-refractivity contribution in [3.05, 3.63) is 23.9 Å². The fourth-order valence-electron chi connectivity index (χ4n) is 3.48. The molecule has 0 aromatic carbocycles. The monoisotopic (exact) mass is 327 g/mol. The quantitative estimate of drug-likeness (QED) is 0.873. The summed E-state index contributed by atoms with van der Waals surface area (Å²) in [6.45, 7) is -5.29. The maximum absolute atomic E-state index is 12.3. The number of alkyl halides is 2. The molecule has 5 nitrogen and oxygen atoms in total. The van der Waals surface area contributed by atoms with Gasteiger partial charge in [-0.1, -0.05) is 0 Å². The molecule has 0 saturated heterocycles. The number of fused-ring (bicyclic) bond motifs is 3. The van der Waals surface area contributed by atoms with Gasteiger partial charge in [0, 0.05) is 24.3 Å². The minimum Gasteiger partial charge on any atom is -0.417 e. The molecule has 0 radical (unpaired) electrons. The minimum absolute atomic E-state index is 0.0156. The number of pyridine rings is 1. The number of nitrogens with one attached hydrogen (secondary N) is 2. The van der Waals surface area contributed by atoms with Crippen molar-refractivity contribution in [2.24, 2.45) is 5.92 Å². The molecule has 4 rings (SSSR count). The van der Waals surface area contributed by atoms with Crippen LogP contribution in [0.25, 0.3) is 0 Å². The predicted molar refractivity (Wildman–Crippen MR) is 80.2 cm³/mol. The first-order valence-corrected chi connectivity index (χ1v) is 7.80. The summed E-state index contributed by atoms with van der Waals surface area (Å²) >= 11 is 0. The zero-order valence-corrected chi connectivity index (χ0v) is 12.6. The summed E-state index contributed by atoms with van der Waals surface area (Å²) in [5, 5.41) is 5.22. The topological polar surface area (TPSA) is 63.2 Å². The van der Waals surface area contributed by atoms with E-state index in [0.717, 1.165) is 56.7 Å². The Labute approximate surface area is 136 Å². The fourth-order valence-corrected chi connectivity index (χ4v) is 3.48. The molecule has 3 aliphatic rings. The molecule has 0 aliphatic heterocycles. The molecule has 126 valence electrons. The Bertz CT molecular complexity index is 624. The Hall–Kier alpha value is -1.92. The second-order valence-electron chi connectivity index (χ2n) is 6.23. The van der Waals surface area contributed by atoms with Crippen LogP contribution in [0.4, 0.5) is 13.6 Å². The molecular formula is C16H21F2N3O2. The summed E-state index contributed by atoms with van der Waals surface area (Å²) in [6.07, 6.45) is 7.16. The molecular weight excluding hydrogens is 304 g/mol. The number of aromatic nitrogens is 1. The first kappa shape index (κ1) is 13.5. The summed E-state index contributed by atoms with van der Waals surface area (Å²) < 4.78 is 44.8. The third-order valence-electron chi connectivity index (χ3n) is 4.74. The Morgan fingerprint density at radius 1 is 1.43 bits per heavy atom. The second kappa shape index (κ2) is 6.68. The van der Waals surface area contributed by atoms with E-state index in [-0.39, 0.29) is 11.1 Å². The summed E-state index contributed by atoms with van der Waals surface area (Å²) in [5.74, 6) is 0.353. The maximum Gasteiger partial charge on any atom is 0.388 e. The van der Waals surface area contributed by atoms with Gasteiger partial charge in [0.2, 0.25) is 5.88 Å². The van der Waals surface area contributed by atoms with Crippen molar-refractivity contribution in [3.63, 3.8) is 0 Å². The third kappa shape index (κ3) is 4.09. The number of rotatable bonds is 5. The maximum atomic E-state index is 12.3. The molecule has 23 heavy (non-hydrogen) atoms. The van der Waals surface area contributed by atoms with Crippen LogP contribution in [0, 0.1) is 5.92 Å². The number of nitrogens with zero attached hydrogens (tertiary/aromatic N) is 1. The Morgan fingerprint density at radius 2 is 2.13 bits per heavy atom. The molecule has 2 amide bonds. The van der Waals surface area contributed by atoms with Gasteiger partial charge in [-0.25, -0.2) is 9.78 Å². The lowest BCUT2D eigenvalue weighted by atomic mass is 9.66. The zero-order valence-electron chi connectivity index (χ0n) is 14.6. The van der Waals surface area contributed by atoms with Crippen LogP contribution in [0.3, 0.4) is 0 Å². The molecule has 0 atom stereocenters. The van der Waals surface area contributed by atoms with E-state index >= 15 is 0 Å². The lowest BCUT2D eigenvalue weighted by Gasteiger charge is -2.46. The standard InChI is InChI=1S/C16H21F2N3O2/c17-14(18)23-13-9-12(4-8-19-13)10-20-15(22)21-16-5-1-11(2-6-16)3-7-16/h4,8-9,11,14H,1-3,5-7,10H2,(H2,20,21,22)/i10D2. The number of amides is 2. The highest BCUT2D eigenvalue weighted by Crippen LogP contribution is 2.43. The van der Waals surface area contributed by atoms with Crippen LogP contribution in [0.5, 0.6) is 5.88 Å². The van der Waals surface area contributed by atoms with Crippen LogP contribution in [-0.2, 0) is 6.50 Å². The van der Waals surface area contributed by atoms with Crippen molar-refractivity contribution in [1.82, 2.24) is 15.6 Å². The van der Waals surface area contributed by atoms with E-state index in [2.05, 4.69) is 20.4 Å². The Balaban J connectivity index is 1.65. The van der Waals surface area contributed by atoms with E-state index in [4.69, 9.17) is 2.74 Å². The smallest absolute Gasteiger partial charge is 0.388 e. The molecule has 1 aromatic rings. The SMILES string of the molecule is [2H]C([2H])(NC(=O)NC12CCC(CC1)CC2)c1ccnc(OC(F)F)c1. The number of urea groups is 1. The van der Waals surface area contributed by atoms with E-state index in [9.17, 15) is 13.6 Å². The molecule has 0 unspecified atom stereocenters.